The van der Waals surface area contributed by atoms with Crippen LogP contribution >= 0.6 is 35.2 Å². The van der Waals surface area contributed by atoms with Crippen molar-refractivity contribution < 1.29 is 80.5 Å². The number of unbranched alkanes of at least 4 members (excludes halogenated alkanes) is 7. The van der Waals surface area contributed by atoms with E-state index in [2.05, 4.69) is 48.3 Å². The number of nitrogens with two attached hydrogens (primary N) is 1. The lowest BCUT2D eigenvalue weighted by Gasteiger charge is -2.30. The van der Waals surface area contributed by atoms with E-state index in [1.807, 2.05) is 0 Å². The quantitative estimate of drug-likeness (QED) is 0.0369. The maximum Gasteiger partial charge on any atom is 0.481 e. The van der Waals surface area contributed by atoms with Crippen molar-refractivity contribution in [3.8, 4) is 0 Å². The third-order valence-electron chi connectivity index (χ3n) is 10.4. The summed E-state index contributed by atoms with van der Waals surface area (Å²) in [6.45, 7) is 5.02. The van der Waals surface area contributed by atoms with Crippen LogP contribution in [0.1, 0.15) is 117 Å². The molecule has 2 amide bonds. The molecule has 2 aromatic rings. The van der Waals surface area contributed by atoms with Crippen LogP contribution in [0.3, 0.4) is 0 Å². The standard InChI is InChI=1S/C37H66N7O17P3S/c1-5-6-7-8-9-10-11-12-14-25(2)15-13-16-28(46)65-20-19-39-27(45)17-18-40-35(49)32(48)37(3,4)22-58-64(55,56)61-63(53,54)57-21-26-31(60-62(50,51)52)30(47)36(59-26)44-24-43-29-33(38)41-23-42-34(29)44/h23-26,30-32,36,47-48H,5-22H2,1-4H3,(H,39,45)(H,40,49)(H,53,54)(H,55,56)(H2,38,41,42)(H2,50,51,52). The van der Waals surface area contributed by atoms with E-state index in [4.69, 9.17) is 19.5 Å². The van der Waals surface area contributed by atoms with Crippen molar-refractivity contribution in [1.82, 2.24) is 30.2 Å². The van der Waals surface area contributed by atoms with Crippen molar-refractivity contribution in [2.24, 2.45) is 11.3 Å². The molecule has 8 atom stereocenters. The summed E-state index contributed by atoms with van der Waals surface area (Å²) in [4.78, 5) is 88.4. The molecule has 3 heterocycles. The van der Waals surface area contributed by atoms with Gasteiger partial charge < -0.3 is 50.9 Å². The van der Waals surface area contributed by atoms with E-state index in [1.54, 1.807) is 0 Å². The number of hydrogen-bond donors (Lipinski definition) is 9. The monoisotopic (exact) mass is 1010 g/mol. The molecule has 8 unspecified atom stereocenters. The summed E-state index contributed by atoms with van der Waals surface area (Å²) >= 11 is 1.15. The van der Waals surface area contributed by atoms with E-state index >= 15 is 0 Å². The van der Waals surface area contributed by atoms with Crippen LogP contribution in [0, 0.1) is 11.3 Å². The van der Waals surface area contributed by atoms with Gasteiger partial charge in [-0.05, 0) is 12.3 Å². The van der Waals surface area contributed by atoms with Gasteiger partial charge in [0.05, 0.1) is 19.5 Å². The van der Waals surface area contributed by atoms with Crippen molar-refractivity contribution in [1.29, 1.82) is 0 Å². The molecule has 0 saturated carbocycles. The minimum absolute atomic E-state index is 0.0335. The Bertz CT molecular complexity index is 1980. The Balaban J connectivity index is 1.34. The first-order chi connectivity index (χ1) is 30.4. The van der Waals surface area contributed by atoms with Gasteiger partial charge in [0.15, 0.2) is 22.8 Å². The number of phosphoric acid groups is 3. The molecule has 0 aromatic carbocycles. The number of nitrogens with zero attached hydrogens (tertiary/aromatic N) is 4. The van der Waals surface area contributed by atoms with Gasteiger partial charge in [-0.1, -0.05) is 104 Å². The number of nitrogens with one attached hydrogen (secondary N) is 2. The number of thioether (sulfide) groups is 1. The first-order valence-electron chi connectivity index (χ1n) is 21.5. The van der Waals surface area contributed by atoms with E-state index in [0.29, 0.717) is 18.1 Å². The number of rotatable bonds is 32. The van der Waals surface area contributed by atoms with Gasteiger partial charge in [-0.25, -0.2) is 28.6 Å². The summed E-state index contributed by atoms with van der Waals surface area (Å²) in [7, 11) is -16.4. The van der Waals surface area contributed by atoms with Crippen molar-refractivity contribution in [3.63, 3.8) is 0 Å². The maximum atomic E-state index is 12.7. The van der Waals surface area contributed by atoms with Crippen molar-refractivity contribution in [3.05, 3.63) is 12.7 Å². The lowest BCUT2D eigenvalue weighted by molar-refractivity contribution is -0.137. The third-order valence-corrected chi connectivity index (χ3v) is 14.4. The van der Waals surface area contributed by atoms with Crippen LogP contribution < -0.4 is 16.4 Å². The first-order valence-corrected chi connectivity index (χ1v) is 27.0. The van der Waals surface area contributed by atoms with E-state index in [-0.39, 0.29) is 41.6 Å². The molecular weight excluding hydrogens is 939 g/mol. The van der Waals surface area contributed by atoms with Gasteiger partial charge in [0.25, 0.3) is 0 Å². The van der Waals surface area contributed by atoms with Crippen molar-refractivity contribution in [2.75, 3.05) is 37.8 Å². The van der Waals surface area contributed by atoms with Crippen LogP contribution in [-0.4, -0.2) is 123 Å². The topological polar surface area (TPSA) is 364 Å². The molecule has 372 valence electrons. The lowest BCUT2D eigenvalue weighted by Crippen LogP contribution is -2.46. The Morgan fingerprint density at radius 3 is 2.25 bits per heavy atom. The van der Waals surface area contributed by atoms with E-state index < -0.39 is 84.6 Å². The number of nitrogen functional groups attached to an aromatic ring is 1. The Labute approximate surface area is 382 Å². The highest BCUT2D eigenvalue weighted by molar-refractivity contribution is 8.13. The van der Waals surface area contributed by atoms with Gasteiger partial charge in [0, 0.05) is 37.1 Å². The first kappa shape index (κ1) is 56.9. The molecule has 1 saturated heterocycles. The number of aliphatic hydroxyl groups is 2. The number of ether oxygens (including phenoxy) is 1. The van der Waals surface area contributed by atoms with Crippen LogP contribution in [0.2, 0.25) is 0 Å². The molecule has 1 aliphatic heterocycles. The second-order valence-electron chi connectivity index (χ2n) is 16.6. The van der Waals surface area contributed by atoms with Crippen molar-refractivity contribution >= 4 is 69.1 Å². The molecule has 0 bridgehead atoms. The van der Waals surface area contributed by atoms with Crippen LogP contribution in [0.15, 0.2) is 12.7 Å². The Morgan fingerprint density at radius 2 is 1.57 bits per heavy atom. The predicted octanol–water partition coefficient (Wildman–Crippen LogP) is 4.00. The molecule has 28 heteroatoms. The number of hydrogen-bond acceptors (Lipinski definition) is 18. The number of imidazole rings is 1. The molecule has 2 aromatic heterocycles. The maximum absolute atomic E-state index is 12.7. The van der Waals surface area contributed by atoms with Crippen molar-refractivity contribution in [2.45, 2.75) is 142 Å². The molecule has 24 nitrogen and oxygen atoms in total. The zero-order valence-electron chi connectivity index (χ0n) is 37.1. The highest BCUT2D eigenvalue weighted by Gasteiger charge is 2.50. The number of anilines is 1. The molecule has 0 spiro atoms. The molecule has 1 aliphatic rings. The summed E-state index contributed by atoms with van der Waals surface area (Å²) in [5.41, 5.74) is 4.29. The smallest absolute Gasteiger partial charge is 0.386 e. The fourth-order valence-electron chi connectivity index (χ4n) is 6.73. The average Bonchev–Trinajstić information content (AvgIpc) is 3.78. The normalized spacial score (nSPS) is 20.8. The summed E-state index contributed by atoms with van der Waals surface area (Å²) in [6, 6.07) is 0. The van der Waals surface area contributed by atoms with Gasteiger partial charge in [-0.3, -0.25) is 32.5 Å². The molecule has 0 radical (unpaired) electrons. The average molecular weight is 1010 g/mol. The van der Waals surface area contributed by atoms with Crippen LogP contribution in [0.5, 0.6) is 0 Å². The van der Waals surface area contributed by atoms with Gasteiger partial charge in [-0.15, -0.1) is 0 Å². The van der Waals surface area contributed by atoms with Gasteiger partial charge >= 0.3 is 23.5 Å². The van der Waals surface area contributed by atoms with Crippen LogP contribution in [0.25, 0.3) is 11.2 Å². The number of phosphoric ester groups is 3. The number of amides is 2. The summed E-state index contributed by atoms with van der Waals surface area (Å²) in [5, 5.41) is 26.7. The highest BCUT2D eigenvalue weighted by atomic mass is 32.2. The molecule has 1 fully saturated rings. The number of aliphatic hydroxyl groups excluding tert-OH is 2. The van der Waals surface area contributed by atoms with E-state index in [0.717, 1.165) is 41.8 Å². The number of aromatic nitrogens is 4. The second-order valence-corrected chi connectivity index (χ2v) is 21.9. The zero-order chi connectivity index (χ0) is 48.4. The molecule has 0 aliphatic carbocycles. The SMILES string of the molecule is CCCCCCCCCCC(C)CCCC(=O)SCCNC(=O)CCNC(=O)C(O)C(C)(C)COP(=O)(O)OP(=O)(O)OCC1OC(n2cnc3c(N)ncnc32)C(O)C1OP(=O)(O)O. The molecular formula is C37H66N7O17P3S. The molecule has 3 rings (SSSR count). The van der Waals surface area contributed by atoms with Crippen LogP contribution in [0.4, 0.5) is 5.82 Å². The predicted molar refractivity (Wildman–Crippen MR) is 237 cm³/mol. The fraction of sp³-hybridized carbons (Fsp3) is 0.784. The summed E-state index contributed by atoms with van der Waals surface area (Å²) < 4.78 is 62.4. The highest BCUT2D eigenvalue weighted by Crippen LogP contribution is 2.61. The minimum atomic E-state index is -5.57. The minimum Gasteiger partial charge on any atom is -0.386 e. The molecule has 10 N–H and O–H groups in total. The van der Waals surface area contributed by atoms with Crippen LogP contribution in [-0.2, 0) is 50.7 Å². The summed E-state index contributed by atoms with van der Waals surface area (Å²) in [6.07, 6.45) is 6.91. The van der Waals surface area contributed by atoms with Gasteiger partial charge in [-0.2, -0.15) is 4.31 Å². The Morgan fingerprint density at radius 1 is 0.923 bits per heavy atom. The van der Waals surface area contributed by atoms with Gasteiger partial charge in [0.1, 0.15) is 36.3 Å². The fourth-order valence-corrected chi connectivity index (χ4v) is 10.3. The van der Waals surface area contributed by atoms with E-state index in [9.17, 15) is 57.9 Å². The van der Waals surface area contributed by atoms with E-state index in [1.165, 1.54) is 71.6 Å². The molecule has 65 heavy (non-hydrogen) atoms. The largest absolute Gasteiger partial charge is 0.481 e. The van der Waals surface area contributed by atoms with Gasteiger partial charge in [0.2, 0.25) is 11.8 Å². The second kappa shape index (κ2) is 26.9. The number of carbonyl (C=O) groups excluding carboxylic acids is 3. The zero-order valence-corrected chi connectivity index (χ0v) is 40.6. The Kier molecular flexibility index (Phi) is 23.6. The number of carbonyl (C=O) groups is 3. The Hall–Kier alpha value is -2.44. The summed E-state index contributed by atoms with van der Waals surface area (Å²) in [5.74, 6) is -0.446. The lowest BCUT2D eigenvalue weighted by atomic mass is 9.87. The third kappa shape index (κ3) is 20.4. The number of fused-ring (bicyclic) bond motifs is 1.